The minimum absolute atomic E-state index is 0.988. The van der Waals surface area contributed by atoms with Crippen molar-refractivity contribution in [1.82, 2.24) is 5.32 Å². The Morgan fingerprint density at radius 2 is 2.00 bits per heavy atom. The van der Waals surface area contributed by atoms with Gasteiger partial charge in [0.1, 0.15) is 0 Å². The predicted molar refractivity (Wildman–Crippen MR) is 67.1 cm³/mol. The molecule has 0 bridgehead atoms. The summed E-state index contributed by atoms with van der Waals surface area (Å²) >= 11 is 2.05. The first-order valence-electron chi connectivity index (χ1n) is 6.22. The third-order valence-corrected chi connectivity index (χ3v) is 3.99. The smallest absolute Gasteiger partial charge is 0.00205 e. The van der Waals surface area contributed by atoms with Crippen molar-refractivity contribution in [2.75, 3.05) is 24.6 Å². The van der Waals surface area contributed by atoms with Crippen molar-refractivity contribution in [3.63, 3.8) is 0 Å². The van der Waals surface area contributed by atoms with Gasteiger partial charge in [0.15, 0.2) is 0 Å². The van der Waals surface area contributed by atoms with Crippen LogP contribution in [0.2, 0.25) is 0 Å². The first-order chi connectivity index (χ1) is 6.93. The van der Waals surface area contributed by atoms with Gasteiger partial charge in [-0.2, -0.15) is 11.8 Å². The monoisotopic (exact) mass is 215 g/mol. The van der Waals surface area contributed by atoms with Gasteiger partial charge in [0.05, 0.1) is 0 Å². The maximum absolute atomic E-state index is 3.60. The number of hydrogen-bond acceptors (Lipinski definition) is 2. The molecule has 2 heteroatoms. The Labute approximate surface area is 93.4 Å². The second-order valence-corrected chi connectivity index (χ2v) is 5.65. The Balaban J connectivity index is 1.82. The minimum Gasteiger partial charge on any atom is -0.316 e. The molecule has 0 radical (unpaired) electrons. The molecule has 1 nitrogen and oxygen atoms in total. The molecule has 0 spiro atoms. The molecule has 1 rings (SSSR count). The number of hydrogen-bond donors (Lipinski definition) is 1. The summed E-state index contributed by atoms with van der Waals surface area (Å²) in [6, 6.07) is 0. The second-order valence-electron chi connectivity index (χ2n) is 4.26. The Bertz CT molecular complexity index is 121. The molecule has 1 N–H and O–H groups in total. The van der Waals surface area contributed by atoms with Crippen LogP contribution in [0, 0.1) is 5.92 Å². The molecule has 1 fully saturated rings. The van der Waals surface area contributed by atoms with Gasteiger partial charge in [-0.25, -0.2) is 0 Å². The van der Waals surface area contributed by atoms with E-state index < -0.39 is 0 Å². The summed E-state index contributed by atoms with van der Waals surface area (Å²) in [7, 11) is 0. The van der Waals surface area contributed by atoms with Gasteiger partial charge < -0.3 is 5.32 Å². The van der Waals surface area contributed by atoms with E-state index in [1.165, 1.54) is 63.1 Å². The summed E-state index contributed by atoms with van der Waals surface area (Å²) in [4.78, 5) is 0. The van der Waals surface area contributed by atoms with Crippen molar-refractivity contribution in [3.8, 4) is 0 Å². The lowest BCUT2D eigenvalue weighted by atomic mass is 9.89. The van der Waals surface area contributed by atoms with Crippen molar-refractivity contribution < 1.29 is 0 Å². The van der Waals surface area contributed by atoms with E-state index in [-0.39, 0.29) is 0 Å². The normalized spacial score (nSPS) is 18.6. The van der Waals surface area contributed by atoms with E-state index in [2.05, 4.69) is 24.0 Å². The molecule has 14 heavy (non-hydrogen) atoms. The molecular formula is C12H25NS. The van der Waals surface area contributed by atoms with E-state index in [0.29, 0.717) is 0 Å². The third kappa shape index (κ3) is 5.92. The van der Waals surface area contributed by atoms with Crippen molar-refractivity contribution in [3.05, 3.63) is 0 Å². The van der Waals surface area contributed by atoms with Gasteiger partial charge in [0, 0.05) is 0 Å². The molecule has 1 aliphatic carbocycles. The van der Waals surface area contributed by atoms with E-state index in [1.807, 2.05) is 0 Å². The highest BCUT2D eigenvalue weighted by Crippen LogP contribution is 2.22. The molecule has 0 aromatic rings. The molecule has 0 amide bonds. The van der Waals surface area contributed by atoms with Crippen LogP contribution in [-0.4, -0.2) is 24.6 Å². The van der Waals surface area contributed by atoms with E-state index in [0.717, 1.165) is 5.92 Å². The van der Waals surface area contributed by atoms with E-state index >= 15 is 0 Å². The highest BCUT2D eigenvalue weighted by atomic mass is 32.2. The van der Waals surface area contributed by atoms with Gasteiger partial charge in [0.2, 0.25) is 0 Å². The summed E-state index contributed by atoms with van der Waals surface area (Å²) in [5.41, 5.74) is 0. The minimum atomic E-state index is 0.988. The summed E-state index contributed by atoms with van der Waals surface area (Å²) < 4.78 is 0. The lowest BCUT2D eigenvalue weighted by Gasteiger charge is -2.21. The maximum Gasteiger partial charge on any atom is -0.00205 e. The molecular weight excluding hydrogens is 190 g/mol. The Kier molecular flexibility index (Phi) is 7.61. The second kappa shape index (κ2) is 8.60. The molecule has 0 unspecified atom stereocenters. The maximum atomic E-state index is 3.60. The highest BCUT2D eigenvalue weighted by molar-refractivity contribution is 7.99. The van der Waals surface area contributed by atoms with Crippen molar-refractivity contribution in [1.29, 1.82) is 0 Å². The van der Waals surface area contributed by atoms with Gasteiger partial charge >= 0.3 is 0 Å². The van der Waals surface area contributed by atoms with Gasteiger partial charge in [0.25, 0.3) is 0 Å². The Morgan fingerprint density at radius 3 is 2.71 bits per heavy atom. The van der Waals surface area contributed by atoms with Crippen molar-refractivity contribution >= 4 is 11.8 Å². The SMILES string of the molecule is CCSCCCNCC1CCCCC1. The fourth-order valence-electron chi connectivity index (χ4n) is 2.14. The van der Waals surface area contributed by atoms with Gasteiger partial charge in [-0.05, 0) is 49.8 Å². The highest BCUT2D eigenvalue weighted by Gasteiger charge is 2.11. The largest absolute Gasteiger partial charge is 0.316 e. The number of nitrogens with one attached hydrogen (secondary N) is 1. The lowest BCUT2D eigenvalue weighted by molar-refractivity contribution is 0.343. The Hall–Kier alpha value is 0.310. The summed E-state index contributed by atoms with van der Waals surface area (Å²) in [5, 5.41) is 3.60. The Morgan fingerprint density at radius 1 is 1.21 bits per heavy atom. The first-order valence-corrected chi connectivity index (χ1v) is 7.37. The molecule has 0 heterocycles. The van der Waals surface area contributed by atoms with Crippen LogP contribution >= 0.6 is 11.8 Å². The quantitative estimate of drug-likeness (QED) is 0.654. The predicted octanol–water partition coefficient (Wildman–Crippen LogP) is 3.30. The average Bonchev–Trinajstić information content (AvgIpc) is 2.25. The first kappa shape index (κ1) is 12.4. The number of thioether (sulfide) groups is 1. The summed E-state index contributed by atoms with van der Waals surface area (Å²) in [6.45, 7) is 4.74. The fourth-order valence-corrected chi connectivity index (χ4v) is 2.78. The third-order valence-electron chi connectivity index (χ3n) is 3.00. The van der Waals surface area contributed by atoms with Crippen molar-refractivity contribution in [2.45, 2.75) is 45.4 Å². The summed E-state index contributed by atoms with van der Waals surface area (Å²) in [6.07, 6.45) is 8.69. The van der Waals surface area contributed by atoms with Crippen LogP contribution in [0.3, 0.4) is 0 Å². The summed E-state index contributed by atoms with van der Waals surface area (Å²) in [5.74, 6) is 3.58. The zero-order valence-corrected chi connectivity index (χ0v) is 10.4. The lowest BCUT2D eigenvalue weighted by Crippen LogP contribution is -2.25. The zero-order valence-electron chi connectivity index (χ0n) is 9.56. The van der Waals surface area contributed by atoms with Gasteiger partial charge in [-0.3, -0.25) is 0 Å². The molecule has 0 atom stereocenters. The van der Waals surface area contributed by atoms with Crippen LogP contribution in [0.25, 0.3) is 0 Å². The molecule has 1 saturated carbocycles. The molecule has 0 saturated heterocycles. The van der Waals surface area contributed by atoms with Gasteiger partial charge in [-0.15, -0.1) is 0 Å². The molecule has 0 aromatic carbocycles. The van der Waals surface area contributed by atoms with E-state index in [9.17, 15) is 0 Å². The van der Waals surface area contributed by atoms with Crippen LogP contribution < -0.4 is 5.32 Å². The van der Waals surface area contributed by atoms with Crippen LogP contribution in [0.15, 0.2) is 0 Å². The molecule has 84 valence electrons. The van der Waals surface area contributed by atoms with E-state index in [1.54, 1.807) is 0 Å². The van der Waals surface area contributed by atoms with Gasteiger partial charge in [-0.1, -0.05) is 26.2 Å². The molecule has 0 aromatic heterocycles. The van der Waals surface area contributed by atoms with Crippen LogP contribution in [-0.2, 0) is 0 Å². The molecule has 1 aliphatic rings. The number of rotatable bonds is 7. The topological polar surface area (TPSA) is 12.0 Å². The fraction of sp³-hybridized carbons (Fsp3) is 1.00. The zero-order chi connectivity index (χ0) is 10.1. The van der Waals surface area contributed by atoms with Crippen molar-refractivity contribution in [2.24, 2.45) is 5.92 Å². The van der Waals surface area contributed by atoms with Crippen LogP contribution in [0.5, 0.6) is 0 Å². The van der Waals surface area contributed by atoms with Crippen LogP contribution in [0.4, 0.5) is 0 Å². The molecule has 0 aliphatic heterocycles. The average molecular weight is 215 g/mol. The van der Waals surface area contributed by atoms with E-state index in [4.69, 9.17) is 0 Å². The van der Waals surface area contributed by atoms with Crippen LogP contribution in [0.1, 0.15) is 45.4 Å². The standard InChI is InChI=1S/C12H25NS/c1-2-14-10-6-9-13-11-12-7-4-3-5-8-12/h12-13H,2-11H2,1H3.